The molecule has 1 saturated heterocycles. The number of thiazole rings is 1. The number of piperidine rings is 1. The van der Waals surface area contributed by atoms with E-state index in [1.54, 1.807) is 6.92 Å². The van der Waals surface area contributed by atoms with Crippen LogP contribution in [-0.4, -0.2) is 40.8 Å². The van der Waals surface area contributed by atoms with Crippen LogP contribution in [0.2, 0.25) is 0 Å². The van der Waals surface area contributed by atoms with Gasteiger partial charge in [0.15, 0.2) is 5.13 Å². The second kappa shape index (κ2) is 8.07. The monoisotopic (exact) mass is 352 g/mol. The summed E-state index contributed by atoms with van der Waals surface area (Å²) >= 11 is 1.43. The Bertz CT molecular complexity index is 573. The van der Waals surface area contributed by atoms with Crippen LogP contribution in [0.15, 0.2) is 5.38 Å². The summed E-state index contributed by atoms with van der Waals surface area (Å²) in [5, 5.41) is 8.10. The maximum absolute atomic E-state index is 12.2. The van der Waals surface area contributed by atoms with Crippen molar-refractivity contribution in [3.8, 4) is 0 Å². The molecule has 2 N–H and O–H groups in total. The number of carbonyl (C=O) groups is 2. The lowest BCUT2D eigenvalue weighted by molar-refractivity contribution is -0.131. The first-order valence-corrected chi connectivity index (χ1v) is 9.42. The largest absolute Gasteiger partial charge is 0.344 e. The molecule has 0 saturated carbocycles. The molecule has 2 heterocycles. The van der Waals surface area contributed by atoms with Gasteiger partial charge in [-0.1, -0.05) is 27.2 Å². The normalized spacial score (nSPS) is 17.3. The third-order valence-corrected chi connectivity index (χ3v) is 4.84. The average Bonchev–Trinajstić information content (AvgIpc) is 2.94. The lowest BCUT2D eigenvalue weighted by Crippen LogP contribution is -2.46. The molecular formula is C17H28N4O2S. The smallest absolute Gasteiger partial charge is 0.248 e. The van der Waals surface area contributed by atoms with E-state index in [2.05, 4.69) is 20.5 Å². The van der Waals surface area contributed by atoms with Crippen LogP contribution in [0.5, 0.6) is 0 Å². The molecule has 0 aromatic carbocycles. The van der Waals surface area contributed by atoms with Gasteiger partial charge in [-0.15, -0.1) is 11.3 Å². The Morgan fingerprint density at radius 3 is 2.58 bits per heavy atom. The fourth-order valence-electron chi connectivity index (χ4n) is 2.48. The minimum atomic E-state index is -0.592. The van der Waals surface area contributed by atoms with E-state index in [4.69, 9.17) is 0 Å². The minimum Gasteiger partial charge on any atom is -0.344 e. The summed E-state index contributed by atoms with van der Waals surface area (Å²) in [6.45, 7) is 10.2. The predicted molar refractivity (Wildman–Crippen MR) is 96.9 cm³/mol. The number of aromatic nitrogens is 1. The zero-order valence-electron chi connectivity index (χ0n) is 15.0. The van der Waals surface area contributed by atoms with Crippen LogP contribution in [0, 0.1) is 5.41 Å². The third-order valence-electron chi connectivity index (χ3n) is 4.04. The molecule has 2 rings (SSSR count). The number of hydrogen-bond donors (Lipinski definition) is 2. The van der Waals surface area contributed by atoms with E-state index in [9.17, 15) is 9.59 Å². The summed E-state index contributed by atoms with van der Waals surface area (Å²) in [4.78, 5) is 31.0. The molecule has 0 spiro atoms. The Kier molecular flexibility index (Phi) is 6.34. The van der Waals surface area contributed by atoms with Crippen molar-refractivity contribution in [1.82, 2.24) is 15.2 Å². The van der Waals surface area contributed by atoms with Gasteiger partial charge in [-0.05, 0) is 32.9 Å². The van der Waals surface area contributed by atoms with Crippen molar-refractivity contribution in [2.45, 2.75) is 59.5 Å². The van der Waals surface area contributed by atoms with E-state index in [0.717, 1.165) is 25.3 Å². The summed E-state index contributed by atoms with van der Waals surface area (Å²) in [6, 6.07) is -0.592. The van der Waals surface area contributed by atoms with Gasteiger partial charge in [0.1, 0.15) is 6.04 Å². The topological polar surface area (TPSA) is 74.3 Å². The van der Waals surface area contributed by atoms with Crippen molar-refractivity contribution >= 4 is 28.3 Å². The van der Waals surface area contributed by atoms with Crippen LogP contribution in [-0.2, 0) is 16.1 Å². The molecule has 1 aliphatic heterocycles. The molecule has 1 aliphatic rings. The van der Waals surface area contributed by atoms with Crippen molar-refractivity contribution < 1.29 is 9.59 Å². The summed E-state index contributed by atoms with van der Waals surface area (Å²) in [5.41, 5.74) is 0.473. The van der Waals surface area contributed by atoms with Gasteiger partial charge in [-0.2, -0.15) is 0 Å². The Morgan fingerprint density at radius 1 is 1.29 bits per heavy atom. The van der Waals surface area contributed by atoms with Gasteiger partial charge >= 0.3 is 0 Å². The molecule has 7 heteroatoms. The third kappa shape index (κ3) is 5.56. The maximum atomic E-state index is 12.2. The number of amides is 2. The molecule has 24 heavy (non-hydrogen) atoms. The van der Waals surface area contributed by atoms with Gasteiger partial charge in [0.25, 0.3) is 0 Å². The van der Waals surface area contributed by atoms with Crippen LogP contribution in [0.4, 0.5) is 5.13 Å². The SMILES string of the molecule is CC(NC(=O)C(C)(C)C)C(=O)Nc1nc(CN2CCCCC2)cs1. The molecule has 1 unspecified atom stereocenters. The number of rotatable bonds is 5. The van der Waals surface area contributed by atoms with E-state index in [-0.39, 0.29) is 11.8 Å². The number of nitrogens with one attached hydrogen (secondary N) is 2. The Morgan fingerprint density at radius 2 is 1.96 bits per heavy atom. The highest BCUT2D eigenvalue weighted by Gasteiger charge is 2.25. The van der Waals surface area contributed by atoms with Gasteiger partial charge in [0.2, 0.25) is 11.8 Å². The molecule has 1 fully saturated rings. The van der Waals surface area contributed by atoms with Gasteiger partial charge in [0, 0.05) is 17.3 Å². The molecule has 1 aromatic heterocycles. The maximum Gasteiger partial charge on any atom is 0.248 e. The molecule has 1 atom stereocenters. The Labute approximate surface area is 148 Å². The molecular weight excluding hydrogens is 324 g/mol. The highest BCUT2D eigenvalue weighted by atomic mass is 32.1. The first kappa shape index (κ1) is 18.9. The van der Waals surface area contributed by atoms with Crippen molar-refractivity contribution in [3.63, 3.8) is 0 Å². The average molecular weight is 353 g/mol. The van der Waals surface area contributed by atoms with E-state index >= 15 is 0 Å². The van der Waals surface area contributed by atoms with E-state index in [1.807, 2.05) is 26.2 Å². The predicted octanol–water partition coefficient (Wildman–Crippen LogP) is 2.62. The Hall–Kier alpha value is -1.47. The number of carbonyl (C=O) groups excluding carboxylic acids is 2. The van der Waals surface area contributed by atoms with Crippen LogP contribution in [0.3, 0.4) is 0 Å². The highest BCUT2D eigenvalue weighted by Crippen LogP contribution is 2.19. The van der Waals surface area contributed by atoms with Gasteiger partial charge in [-0.25, -0.2) is 4.98 Å². The number of nitrogens with zero attached hydrogens (tertiary/aromatic N) is 2. The van der Waals surface area contributed by atoms with Crippen molar-refractivity contribution in [2.75, 3.05) is 18.4 Å². The van der Waals surface area contributed by atoms with Crippen molar-refractivity contribution in [1.29, 1.82) is 0 Å². The molecule has 0 radical (unpaired) electrons. The molecule has 0 aliphatic carbocycles. The Balaban J connectivity index is 1.84. The quantitative estimate of drug-likeness (QED) is 0.854. The zero-order valence-corrected chi connectivity index (χ0v) is 15.8. The number of hydrogen-bond acceptors (Lipinski definition) is 5. The fourth-order valence-corrected chi connectivity index (χ4v) is 3.18. The van der Waals surface area contributed by atoms with Gasteiger partial charge < -0.3 is 10.6 Å². The standard InChI is InChI=1S/C17H28N4O2S/c1-12(18-15(23)17(2,3)4)14(22)20-16-19-13(11-24-16)10-21-8-6-5-7-9-21/h11-12H,5-10H2,1-4H3,(H,18,23)(H,19,20,22). The fraction of sp³-hybridized carbons (Fsp3) is 0.706. The second-order valence-corrected chi connectivity index (χ2v) is 8.27. The van der Waals surface area contributed by atoms with Crippen LogP contribution in [0.1, 0.15) is 52.7 Å². The molecule has 6 nitrogen and oxygen atoms in total. The minimum absolute atomic E-state index is 0.143. The summed E-state index contributed by atoms with van der Waals surface area (Å²) in [6.07, 6.45) is 3.81. The number of anilines is 1. The van der Waals surface area contributed by atoms with Crippen LogP contribution >= 0.6 is 11.3 Å². The van der Waals surface area contributed by atoms with Crippen LogP contribution < -0.4 is 10.6 Å². The van der Waals surface area contributed by atoms with E-state index in [1.165, 1.54) is 30.6 Å². The summed E-state index contributed by atoms with van der Waals surface area (Å²) in [7, 11) is 0. The highest BCUT2D eigenvalue weighted by molar-refractivity contribution is 7.13. The first-order valence-electron chi connectivity index (χ1n) is 8.54. The first-order chi connectivity index (χ1) is 11.3. The second-order valence-electron chi connectivity index (χ2n) is 7.42. The summed E-state index contributed by atoms with van der Waals surface area (Å²) < 4.78 is 0. The van der Waals surface area contributed by atoms with E-state index < -0.39 is 11.5 Å². The lowest BCUT2D eigenvalue weighted by atomic mass is 9.95. The van der Waals surface area contributed by atoms with Gasteiger partial charge in [-0.3, -0.25) is 14.5 Å². The zero-order chi connectivity index (χ0) is 17.7. The molecule has 134 valence electrons. The number of likely N-dealkylation sites (tertiary alicyclic amines) is 1. The van der Waals surface area contributed by atoms with Crippen molar-refractivity contribution in [3.05, 3.63) is 11.1 Å². The molecule has 2 amide bonds. The van der Waals surface area contributed by atoms with Gasteiger partial charge in [0.05, 0.1) is 5.69 Å². The molecule has 1 aromatic rings. The van der Waals surface area contributed by atoms with E-state index in [0.29, 0.717) is 5.13 Å². The molecule has 0 bridgehead atoms. The lowest BCUT2D eigenvalue weighted by Gasteiger charge is -2.25. The summed E-state index contributed by atoms with van der Waals surface area (Å²) in [5.74, 6) is -0.387. The van der Waals surface area contributed by atoms with Crippen molar-refractivity contribution in [2.24, 2.45) is 5.41 Å². The van der Waals surface area contributed by atoms with Crippen LogP contribution in [0.25, 0.3) is 0 Å².